The van der Waals surface area contributed by atoms with E-state index in [9.17, 15) is 19.5 Å². The third kappa shape index (κ3) is 4.72. The maximum absolute atomic E-state index is 12.5. The topological polar surface area (TPSA) is 90.0 Å². The number of amides is 3. The standard InChI is InChI=1S/C17H27N3O4/c1-2-3-8-14(16(22)23)18-15(21)13-7-6-11-20(12-13)17(24)19-9-4-5-10-19/h2-3,13-14H,4-12H2,1H3,(H,18,21)(H,22,23)/b3-2+. The Labute approximate surface area is 142 Å². The second kappa shape index (κ2) is 8.70. The molecule has 2 atom stereocenters. The largest absolute Gasteiger partial charge is 0.480 e. The van der Waals surface area contributed by atoms with Crippen LogP contribution < -0.4 is 5.32 Å². The molecule has 0 aromatic carbocycles. The number of carbonyl (C=O) groups is 3. The zero-order valence-electron chi connectivity index (χ0n) is 14.2. The second-order valence-electron chi connectivity index (χ2n) is 6.47. The number of likely N-dealkylation sites (tertiary alicyclic amines) is 2. The fourth-order valence-electron chi connectivity index (χ4n) is 3.26. The summed E-state index contributed by atoms with van der Waals surface area (Å²) in [6.45, 7) is 4.42. The molecule has 2 unspecified atom stereocenters. The zero-order chi connectivity index (χ0) is 17.5. The van der Waals surface area contributed by atoms with Gasteiger partial charge in [0.2, 0.25) is 5.91 Å². The van der Waals surface area contributed by atoms with E-state index < -0.39 is 12.0 Å². The van der Waals surface area contributed by atoms with Crippen LogP contribution in [0.5, 0.6) is 0 Å². The summed E-state index contributed by atoms with van der Waals surface area (Å²) in [6.07, 6.45) is 7.28. The second-order valence-corrected chi connectivity index (χ2v) is 6.47. The molecule has 0 aromatic heterocycles. The lowest BCUT2D eigenvalue weighted by atomic mass is 9.96. The van der Waals surface area contributed by atoms with Gasteiger partial charge >= 0.3 is 12.0 Å². The number of carboxylic acid groups (broad SMARTS) is 1. The van der Waals surface area contributed by atoms with Crippen LogP contribution in [0.4, 0.5) is 4.79 Å². The number of aliphatic carboxylic acids is 1. The number of urea groups is 1. The fourth-order valence-corrected chi connectivity index (χ4v) is 3.26. The van der Waals surface area contributed by atoms with Gasteiger partial charge in [0.1, 0.15) is 6.04 Å². The smallest absolute Gasteiger partial charge is 0.326 e. The molecule has 0 bridgehead atoms. The summed E-state index contributed by atoms with van der Waals surface area (Å²) in [5, 5.41) is 11.8. The van der Waals surface area contributed by atoms with Crippen molar-refractivity contribution in [1.29, 1.82) is 0 Å². The molecule has 2 rings (SSSR count). The van der Waals surface area contributed by atoms with Crippen molar-refractivity contribution in [1.82, 2.24) is 15.1 Å². The van der Waals surface area contributed by atoms with E-state index in [-0.39, 0.29) is 24.3 Å². The number of nitrogens with one attached hydrogen (secondary N) is 1. The lowest BCUT2D eigenvalue weighted by Gasteiger charge is -2.35. The minimum absolute atomic E-state index is 0.00806. The van der Waals surface area contributed by atoms with Crippen LogP contribution in [0, 0.1) is 5.92 Å². The zero-order valence-corrected chi connectivity index (χ0v) is 14.2. The number of piperidine rings is 1. The summed E-state index contributed by atoms with van der Waals surface area (Å²) in [6, 6.07) is -0.910. The van der Waals surface area contributed by atoms with Crippen LogP contribution in [0.1, 0.15) is 39.0 Å². The number of hydrogen-bond acceptors (Lipinski definition) is 3. The molecule has 2 heterocycles. The highest BCUT2D eigenvalue weighted by Crippen LogP contribution is 2.20. The Morgan fingerprint density at radius 3 is 2.46 bits per heavy atom. The Bertz CT molecular complexity index is 500. The Hall–Kier alpha value is -2.05. The van der Waals surface area contributed by atoms with E-state index in [4.69, 9.17) is 0 Å². The van der Waals surface area contributed by atoms with Gasteiger partial charge in [0, 0.05) is 26.2 Å². The van der Waals surface area contributed by atoms with E-state index in [1.54, 1.807) is 17.1 Å². The van der Waals surface area contributed by atoms with Gasteiger partial charge < -0.3 is 20.2 Å². The average Bonchev–Trinajstić information content (AvgIpc) is 3.12. The van der Waals surface area contributed by atoms with E-state index in [0.717, 1.165) is 32.4 Å². The number of carboxylic acids is 1. The first-order valence-electron chi connectivity index (χ1n) is 8.71. The first-order chi connectivity index (χ1) is 11.5. The molecule has 7 heteroatoms. The van der Waals surface area contributed by atoms with E-state index >= 15 is 0 Å². The third-order valence-electron chi connectivity index (χ3n) is 4.66. The Morgan fingerprint density at radius 2 is 1.83 bits per heavy atom. The van der Waals surface area contributed by atoms with Crippen LogP contribution in [0.3, 0.4) is 0 Å². The Balaban J connectivity index is 1.91. The summed E-state index contributed by atoms with van der Waals surface area (Å²) >= 11 is 0. The maximum Gasteiger partial charge on any atom is 0.326 e. The quantitative estimate of drug-likeness (QED) is 0.743. The third-order valence-corrected chi connectivity index (χ3v) is 4.66. The number of allylic oxidation sites excluding steroid dienone is 1. The van der Waals surface area contributed by atoms with Crippen LogP contribution in [0.25, 0.3) is 0 Å². The predicted molar refractivity (Wildman–Crippen MR) is 89.5 cm³/mol. The number of rotatable bonds is 5. The minimum Gasteiger partial charge on any atom is -0.480 e. The van der Waals surface area contributed by atoms with Crippen LogP contribution in [0.2, 0.25) is 0 Å². The van der Waals surface area contributed by atoms with Crippen molar-refractivity contribution in [3.63, 3.8) is 0 Å². The van der Waals surface area contributed by atoms with Gasteiger partial charge in [-0.3, -0.25) is 4.79 Å². The molecule has 24 heavy (non-hydrogen) atoms. The minimum atomic E-state index is -1.04. The summed E-state index contributed by atoms with van der Waals surface area (Å²) < 4.78 is 0. The van der Waals surface area contributed by atoms with Crippen molar-refractivity contribution in [3.8, 4) is 0 Å². The van der Waals surface area contributed by atoms with E-state index in [0.29, 0.717) is 19.5 Å². The van der Waals surface area contributed by atoms with E-state index in [1.807, 2.05) is 11.8 Å². The molecule has 2 N–H and O–H groups in total. The van der Waals surface area contributed by atoms with Crippen molar-refractivity contribution in [2.24, 2.45) is 5.92 Å². The Morgan fingerprint density at radius 1 is 1.17 bits per heavy atom. The molecule has 0 saturated carbocycles. The summed E-state index contributed by atoms with van der Waals surface area (Å²) in [5.41, 5.74) is 0. The van der Waals surface area contributed by atoms with Gasteiger partial charge in [-0.25, -0.2) is 9.59 Å². The van der Waals surface area contributed by atoms with Gasteiger partial charge in [0.15, 0.2) is 0 Å². The predicted octanol–water partition coefficient (Wildman–Crippen LogP) is 1.45. The van der Waals surface area contributed by atoms with Crippen molar-refractivity contribution < 1.29 is 19.5 Å². The monoisotopic (exact) mass is 337 g/mol. The fraction of sp³-hybridized carbons (Fsp3) is 0.706. The first kappa shape index (κ1) is 18.3. The maximum atomic E-state index is 12.5. The van der Waals surface area contributed by atoms with Crippen LogP contribution in [0.15, 0.2) is 12.2 Å². The van der Waals surface area contributed by atoms with Crippen LogP contribution in [-0.4, -0.2) is 65.0 Å². The number of hydrogen-bond donors (Lipinski definition) is 2. The van der Waals surface area contributed by atoms with Crippen LogP contribution in [-0.2, 0) is 9.59 Å². The number of nitrogens with zero attached hydrogens (tertiary/aromatic N) is 2. The highest BCUT2D eigenvalue weighted by molar-refractivity contribution is 5.86. The molecule has 2 fully saturated rings. The van der Waals surface area contributed by atoms with Crippen molar-refractivity contribution in [3.05, 3.63) is 12.2 Å². The average molecular weight is 337 g/mol. The molecule has 0 radical (unpaired) electrons. The molecular weight excluding hydrogens is 310 g/mol. The molecule has 0 aromatic rings. The van der Waals surface area contributed by atoms with Gasteiger partial charge in [0.25, 0.3) is 0 Å². The molecule has 0 spiro atoms. The molecule has 0 aliphatic carbocycles. The first-order valence-corrected chi connectivity index (χ1v) is 8.71. The summed E-state index contributed by atoms with van der Waals surface area (Å²) in [7, 11) is 0. The summed E-state index contributed by atoms with van der Waals surface area (Å²) in [4.78, 5) is 39.7. The van der Waals surface area contributed by atoms with Gasteiger partial charge in [-0.2, -0.15) is 0 Å². The van der Waals surface area contributed by atoms with Gasteiger partial charge in [0.05, 0.1) is 5.92 Å². The molecule has 3 amide bonds. The molecular formula is C17H27N3O4. The van der Waals surface area contributed by atoms with Crippen molar-refractivity contribution in [2.75, 3.05) is 26.2 Å². The lowest BCUT2D eigenvalue weighted by molar-refractivity contribution is -0.142. The molecule has 2 aliphatic rings. The molecule has 2 aliphatic heterocycles. The van der Waals surface area contributed by atoms with Crippen LogP contribution >= 0.6 is 0 Å². The van der Waals surface area contributed by atoms with Crippen molar-refractivity contribution >= 4 is 17.9 Å². The number of carbonyl (C=O) groups excluding carboxylic acids is 2. The van der Waals surface area contributed by atoms with E-state index in [1.165, 1.54) is 0 Å². The Kier molecular flexibility index (Phi) is 6.63. The molecule has 134 valence electrons. The lowest BCUT2D eigenvalue weighted by Crippen LogP contribution is -2.51. The van der Waals surface area contributed by atoms with Gasteiger partial charge in [-0.15, -0.1) is 0 Å². The highest BCUT2D eigenvalue weighted by atomic mass is 16.4. The van der Waals surface area contributed by atoms with Crippen molar-refractivity contribution in [2.45, 2.75) is 45.1 Å². The SMILES string of the molecule is C/C=C/CC(NC(=O)C1CCCN(C(=O)N2CCCC2)C1)C(=O)O. The van der Waals surface area contributed by atoms with Gasteiger partial charge in [-0.1, -0.05) is 12.2 Å². The summed E-state index contributed by atoms with van der Waals surface area (Å²) in [5.74, 6) is -1.65. The van der Waals surface area contributed by atoms with Gasteiger partial charge in [-0.05, 0) is 39.0 Å². The molecule has 2 saturated heterocycles. The normalized spacial score (nSPS) is 22.6. The molecule has 7 nitrogen and oxygen atoms in total. The van der Waals surface area contributed by atoms with E-state index in [2.05, 4.69) is 5.32 Å². The highest BCUT2D eigenvalue weighted by Gasteiger charge is 2.32.